The quantitative estimate of drug-likeness (QED) is 0.294. The Hall–Kier alpha value is -3.61. The van der Waals surface area contributed by atoms with E-state index in [2.05, 4.69) is 84.4 Å². The molecule has 0 amide bonds. The van der Waals surface area contributed by atoms with Crippen LogP contribution in [0, 0.1) is 29.6 Å². The number of benzene rings is 2. The van der Waals surface area contributed by atoms with Crippen LogP contribution in [0.2, 0.25) is 0 Å². The summed E-state index contributed by atoms with van der Waals surface area (Å²) in [5.41, 5.74) is 8.58. The Kier molecular flexibility index (Phi) is 3.82. The van der Waals surface area contributed by atoms with Crippen molar-refractivity contribution in [3.63, 3.8) is 0 Å². The van der Waals surface area contributed by atoms with Gasteiger partial charge in [-0.05, 0) is 52.9 Å². The monoisotopic (exact) mass is 341 g/mol. The fourth-order valence-electron chi connectivity index (χ4n) is 3.66. The van der Waals surface area contributed by atoms with E-state index in [4.69, 9.17) is 0 Å². The van der Waals surface area contributed by atoms with Crippen LogP contribution in [-0.4, -0.2) is 0 Å². The topological polar surface area (TPSA) is 0 Å². The fraction of sp³-hybridized carbons (Fsp3) is 0.0741. The number of rotatable bonds is 0. The predicted molar refractivity (Wildman–Crippen MR) is 111 cm³/mol. The van der Waals surface area contributed by atoms with E-state index in [0.717, 1.165) is 23.1 Å². The van der Waals surface area contributed by atoms with Crippen molar-refractivity contribution in [3.8, 4) is 34.8 Å². The van der Waals surface area contributed by atoms with Crippen LogP contribution in [0.25, 0.3) is 11.1 Å². The highest BCUT2D eigenvalue weighted by atomic mass is 14.2. The fourth-order valence-corrected chi connectivity index (χ4v) is 3.66. The van der Waals surface area contributed by atoms with Crippen molar-refractivity contribution < 1.29 is 0 Å². The summed E-state index contributed by atoms with van der Waals surface area (Å²) in [4.78, 5) is 0. The van der Waals surface area contributed by atoms with E-state index in [1.807, 2.05) is 24.3 Å². The normalized spacial score (nSPS) is 13.5. The van der Waals surface area contributed by atoms with Gasteiger partial charge in [0, 0.05) is 11.1 Å². The summed E-state index contributed by atoms with van der Waals surface area (Å²) in [5, 5.41) is 0. The summed E-state index contributed by atoms with van der Waals surface area (Å²) in [5.74, 6) is 13.4. The molecule has 0 fully saturated rings. The van der Waals surface area contributed by atoms with Gasteiger partial charge in [-0.1, -0.05) is 54.2 Å². The molecule has 2 aliphatic carbocycles. The zero-order valence-corrected chi connectivity index (χ0v) is 14.9. The maximum Gasteiger partial charge on any atom is 0.0573 e. The van der Waals surface area contributed by atoms with Gasteiger partial charge in [0.1, 0.15) is 0 Å². The molecule has 3 aromatic rings. The van der Waals surface area contributed by atoms with Crippen molar-refractivity contribution in [1.29, 1.82) is 0 Å². The molecule has 0 bridgehead atoms. The van der Waals surface area contributed by atoms with Gasteiger partial charge in [-0.2, -0.15) is 24.3 Å². The van der Waals surface area contributed by atoms with Gasteiger partial charge in [-0.25, -0.2) is 0 Å². The lowest BCUT2D eigenvalue weighted by Crippen LogP contribution is -1.85. The van der Waals surface area contributed by atoms with E-state index in [9.17, 15) is 0 Å². The second-order valence-electron chi connectivity index (χ2n) is 6.91. The molecule has 0 atom stereocenters. The van der Waals surface area contributed by atoms with Gasteiger partial charge in [0.25, 0.3) is 0 Å². The molecule has 126 valence electrons. The number of allylic oxidation sites excluding steroid dienone is 4. The molecule has 3 aromatic carbocycles. The number of fused-ring (bicyclic) bond motifs is 3. The van der Waals surface area contributed by atoms with Gasteiger partial charge in [-0.15, -0.1) is 11.5 Å². The predicted octanol–water partition coefficient (Wildman–Crippen LogP) is 5.47. The molecule has 0 nitrogen and oxygen atoms in total. The summed E-state index contributed by atoms with van der Waals surface area (Å²) in [6, 6.07) is 21.2. The first kappa shape index (κ1) is 15.6. The van der Waals surface area contributed by atoms with Gasteiger partial charge in [0.15, 0.2) is 0 Å². The van der Waals surface area contributed by atoms with E-state index in [1.165, 1.54) is 22.3 Å². The summed E-state index contributed by atoms with van der Waals surface area (Å²) >= 11 is 0. The zero-order chi connectivity index (χ0) is 18.1. The molecule has 0 aromatic heterocycles. The highest BCUT2D eigenvalue weighted by Gasteiger charge is 2.18. The largest absolute Gasteiger partial charge is 0.199 e. The molecular formula is C27H17-. The van der Waals surface area contributed by atoms with E-state index in [0.29, 0.717) is 0 Å². The molecule has 2 aliphatic rings. The van der Waals surface area contributed by atoms with Crippen LogP contribution in [0.1, 0.15) is 27.8 Å². The van der Waals surface area contributed by atoms with Crippen LogP contribution in [0.4, 0.5) is 0 Å². The van der Waals surface area contributed by atoms with E-state index < -0.39 is 0 Å². The molecule has 0 N–H and O–H groups in total. The highest BCUT2D eigenvalue weighted by Crippen LogP contribution is 2.37. The molecular weight excluding hydrogens is 324 g/mol. The van der Waals surface area contributed by atoms with Crippen molar-refractivity contribution in [2.45, 2.75) is 6.42 Å². The zero-order valence-electron chi connectivity index (χ0n) is 14.9. The Labute approximate surface area is 160 Å². The first-order valence-electron chi connectivity index (χ1n) is 9.22. The number of hydrogen-bond donors (Lipinski definition) is 0. The van der Waals surface area contributed by atoms with Crippen LogP contribution >= 0.6 is 0 Å². The summed E-state index contributed by atoms with van der Waals surface area (Å²) < 4.78 is 0. The Morgan fingerprint density at radius 3 is 2.07 bits per heavy atom. The second kappa shape index (κ2) is 6.60. The Morgan fingerprint density at radius 1 is 0.741 bits per heavy atom. The van der Waals surface area contributed by atoms with Crippen molar-refractivity contribution in [3.05, 3.63) is 113 Å². The second-order valence-corrected chi connectivity index (χ2v) is 6.91. The first-order valence-corrected chi connectivity index (χ1v) is 9.22. The van der Waals surface area contributed by atoms with Crippen LogP contribution in [-0.2, 0) is 6.42 Å². The molecule has 0 heteroatoms. The van der Waals surface area contributed by atoms with Crippen molar-refractivity contribution in [1.82, 2.24) is 0 Å². The minimum Gasteiger partial charge on any atom is -0.199 e. The van der Waals surface area contributed by atoms with Crippen LogP contribution in [0.15, 0.2) is 85.0 Å². The highest BCUT2D eigenvalue weighted by molar-refractivity contribution is 5.78. The molecule has 0 heterocycles. The van der Waals surface area contributed by atoms with Gasteiger partial charge in [-0.3, -0.25) is 0 Å². The smallest absolute Gasteiger partial charge is 0.0573 e. The van der Waals surface area contributed by atoms with E-state index in [1.54, 1.807) is 0 Å². The molecule has 0 saturated carbocycles. The molecule has 0 radical (unpaired) electrons. The molecule has 0 saturated heterocycles. The minimum absolute atomic E-state index is 0.249. The number of hydrogen-bond acceptors (Lipinski definition) is 0. The standard InChI is InChI=1S/C27H17/c1-2-6-20(5-1)9-11-22-13-15-26-24(17-22)19-25-18-23(14-16-27(25)26)12-10-21-7-3-4-8-21/h1-8,13-18,20H,19H2/q-1. The van der Waals surface area contributed by atoms with Crippen LogP contribution < -0.4 is 0 Å². The summed E-state index contributed by atoms with van der Waals surface area (Å²) in [6.07, 6.45) is 9.30. The molecule has 0 aliphatic heterocycles. The maximum atomic E-state index is 3.32. The lowest BCUT2D eigenvalue weighted by Gasteiger charge is -2.02. The molecule has 0 unspecified atom stereocenters. The first-order chi connectivity index (χ1) is 13.3. The Bertz CT molecular complexity index is 1180. The van der Waals surface area contributed by atoms with Gasteiger partial charge < -0.3 is 0 Å². The van der Waals surface area contributed by atoms with Crippen molar-refractivity contribution >= 4 is 0 Å². The van der Waals surface area contributed by atoms with Gasteiger partial charge >= 0.3 is 0 Å². The minimum atomic E-state index is 0.249. The third-order valence-electron chi connectivity index (χ3n) is 5.03. The maximum absolute atomic E-state index is 3.32. The van der Waals surface area contributed by atoms with Crippen molar-refractivity contribution in [2.24, 2.45) is 5.92 Å². The van der Waals surface area contributed by atoms with Crippen LogP contribution in [0.3, 0.4) is 0 Å². The third kappa shape index (κ3) is 3.15. The molecule has 27 heavy (non-hydrogen) atoms. The molecule has 0 spiro atoms. The summed E-state index contributed by atoms with van der Waals surface area (Å²) in [6.45, 7) is 0. The van der Waals surface area contributed by atoms with E-state index >= 15 is 0 Å². The average Bonchev–Trinajstić information content (AvgIpc) is 3.44. The third-order valence-corrected chi connectivity index (χ3v) is 5.03. The molecule has 5 rings (SSSR count). The average molecular weight is 341 g/mol. The Morgan fingerprint density at radius 2 is 1.41 bits per heavy atom. The van der Waals surface area contributed by atoms with Crippen molar-refractivity contribution in [2.75, 3.05) is 0 Å². The van der Waals surface area contributed by atoms with Crippen LogP contribution in [0.5, 0.6) is 0 Å². The summed E-state index contributed by atoms with van der Waals surface area (Å²) in [7, 11) is 0. The van der Waals surface area contributed by atoms with Gasteiger partial charge in [0.05, 0.1) is 5.92 Å². The van der Waals surface area contributed by atoms with Gasteiger partial charge in [0.2, 0.25) is 0 Å². The lowest BCUT2D eigenvalue weighted by atomic mass is 10.0. The van der Waals surface area contributed by atoms with E-state index in [-0.39, 0.29) is 5.92 Å². The SMILES string of the molecule is C(#Cc1ccc2c(c1)Cc1cc(C#CC3C=CC=C3)ccc1-2)c1cc[cH-]c1. The lowest BCUT2D eigenvalue weighted by molar-refractivity contribution is 1.15. The Balaban J connectivity index is 1.41.